The van der Waals surface area contributed by atoms with Gasteiger partial charge in [-0.2, -0.15) is 0 Å². The first-order valence-corrected chi connectivity index (χ1v) is 6.42. The number of benzene rings is 1. The Morgan fingerprint density at radius 3 is 2.24 bits per heavy atom. The standard InChI is InChI=1S/C15H22NO5/c1-15(2,3)16(18)9-10-7-11(19-4)8-12(20-5)13(10)14(17)21-6/h7-9,18H,1-6H3/q+1. The molecule has 0 atom stereocenters. The van der Waals surface area contributed by atoms with Crippen LogP contribution in [-0.4, -0.2) is 49.0 Å². The number of methoxy groups -OCH3 is 3. The predicted molar refractivity (Wildman–Crippen MR) is 77.9 cm³/mol. The van der Waals surface area contributed by atoms with Crippen molar-refractivity contribution in [3.63, 3.8) is 0 Å². The fourth-order valence-corrected chi connectivity index (χ4v) is 1.64. The van der Waals surface area contributed by atoms with Crippen molar-refractivity contribution in [1.29, 1.82) is 0 Å². The van der Waals surface area contributed by atoms with Crippen LogP contribution < -0.4 is 9.47 Å². The predicted octanol–water partition coefficient (Wildman–Crippen LogP) is 2.11. The Bertz CT molecular complexity index is 558. The molecule has 0 aliphatic carbocycles. The Morgan fingerprint density at radius 2 is 1.81 bits per heavy atom. The fourth-order valence-electron chi connectivity index (χ4n) is 1.64. The smallest absolute Gasteiger partial charge is 0.342 e. The Labute approximate surface area is 124 Å². The Balaban J connectivity index is 3.57. The Hall–Kier alpha value is -2.24. The van der Waals surface area contributed by atoms with Crippen LogP contribution in [0, 0.1) is 0 Å². The summed E-state index contributed by atoms with van der Waals surface area (Å²) in [5.41, 5.74) is 0.142. The van der Waals surface area contributed by atoms with E-state index in [9.17, 15) is 10.0 Å². The van der Waals surface area contributed by atoms with Gasteiger partial charge in [0, 0.05) is 26.8 Å². The second-order valence-electron chi connectivity index (χ2n) is 5.43. The molecule has 0 aliphatic heterocycles. The van der Waals surface area contributed by atoms with Crippen LogP contribution in [0.15, 0.2) is 12.1 Å². The summed E-state index contributed by atoms with van der Waals surface area (Å²) in [5, 5.41) is 10.1. The number of hydrogen-bond acceptors (Lipinski definition) is 5. The molecule has 0 saturated heterocycles. The molecule has 0 heterocycles. The molecular formula is C15H22NO5+. The molecule has 1 aromatic rings. The summed E-state index contributed by atoms with van der Waals surface area (Å²) in [6.45, 7) is 5.50. The van der Waals surface area contributed by atoms with Crippen LogP contribution in [0.3, 0.4) is 0 Å². The summed E-state index contributed by atoms with van der Waals surface area (Å²) in [7, 11) is 4.25. The molecule has 0 aromatic heterocycles. The first kappa shape index (κ1) is 16.8. The molecule has 0 saturated carbocycles. The van der Waals surface area contributed by atoms with Crippen molar-refractivity contribution in [1.82, 2.24) is 0 Å². The lowest BCUT2D eigenvalue weighted by Gasteiger charge is -2.13. The maximum Gasteiger partial charge on any atom is 0.342 e. The summed E-state index contributed by atoms with van der Waals surface area (Å²) in [6.07, 6.45) is 1.44. The molecular weight excluding hydrogens is 274 g/mol. The Morgan fingerprint density at radius 1 is 1.19 bits per heavy atom. The average molecular weight is 296 g/mol. The molecule has 6 nitrogen and oxygen atoms in total. The van der Waals surface area contributed by atoms with Crippen molar-refractivity contribution in [2.24, 2.45) is 0 Å². The highest BCUT2D eigenvalue weighted by Gasteiger charge is 2.27. The van der Waals surface area contributed by atoms with E-state index in [1.54, 1.807) is 12.1 Å². The molecule has 0 amide bonds. The van der Waals surface area contributed by atoms with Crippen LogP contribution in [0.25, 0.3) is 0 Å². The van der Waals surface area contributed by atoms with Gasteiger partial charge in [-0.1, -0.05) is 0 Å². The van der Waals surface area contributed by atoms with Gasteiger partial charge in [0.2, 0.25) is 11.8 Å². The number of rotatable bonds is 4. The third-order valence-corrected chi connectivity index (χ3v) is 2.90. The van der Waals surface area contributed by atoms with E-state index in [4.69, 9.17) is 14.2 Å². The fraction of sp³-hybridized carbons (Fsp3) is 0.467. The summed E-state index contributed by atoms with van der Waals surface area (Å²) in [4.78, 5) is 12.0. The van der Waals surface area contributed by atoms with Crippen molar-refractivity contribution in [2.45, 2.75) is 26.3 Å². The van der Waals surface area contributed by atoms with E-state index in [1.165, 1.54) is 27.5 Å². The van der Waals surface area contributed by atoms with Crippen LogP contribution >= 0.6 is 0 Å². The summed E-state index contributed by atoms with van der Waals surface area (Å²) in [6, 6.07) is 3.21. The van der Waals surface area contributed by atoms with Crippen molar-refractivity contribution in [2.75, 3.05) is 21.3 Å². The minimum absolute atomic E-state index is 0.226. The molecule has 0 bridgehead atoms. The molecule has 1 aromatic carbocycles. The largest absolute Gasteiger partial charge is 0.497 e. The van der Waals surface area contributed by atoms with Gasteiger partial charge < -0.3 is 14.2 Å². The van der Waals surface area contributed by atoms with Crippen LogP contribution in [0.2, 0.25) is 0 Å². The maximum atomic E-state index is 12.0. The average Bonchev–Trinajstić information content (AvgIpc) is 2.44. The van der Waals surface area contributed by atoms with Gasteiger partial charge in [-0.05, 0) is 10.8 Å². The van der Waals surface area contributed by atoms with Gasteiger partial charge in [-0.3, -0.25) is 5.21 Å². The highest BCUT2D eigenvalue weighted by atomic mass is 16.5. The highest BCUT2D eigenvalue weighted by Crippen LogP contribution is 2.28. The number of carbonyl (C=O) groups is 1. The van der Waals surface area contributed by atoms with E-state index >= 15 is 0 Å². The number of carbonyl (C=O) groups excluding carboxylic acids is 1. The zero-order valence-electron chi connectivity index (χ0n) is 13.3. The normalized spacial score (nSPS) is 12.0. The minimum Gasteiger partial charge on any atom is -0.497 e. The lowest BCUT2D eigenvalue weighted by atomic mass is 10.1. The molecule has 1 rings (SSSR count). The molecule has 0 aliphatic rings. The minimum atomic E-state index is -0.553. The number of esters is 1. The third-order valence-electron chi connectivity index (χ3n) is 2.90. The van der Waals surface area contributed by atoms with Crippen LogP contribution in [0.5, 0.6) is 11.5 Å². The molecule has 0 spiro atoms. The zero-order chi connectivity index (χ0) is 16.2. The van der Waals surface area contributed by atoms with Gasteiger partial charge in [-0.15, -0.1) is 0 Å². The third kappa shape index (κ3) is 3.87. The molecule has 116 valence electrons. The first-order chi connectivity index (χ1) is 9.74. The SMILES string of the molecule is COC(=O)c1c(C=[N+](O)C(C)(C)C)cc(OC)cc1OC. The summed E-state index contributed by atoms with van der Waals surface area (Å²) >= 11 is 0. The summed E-state index contributed by atoms with van der Waals surface area (Å²) < 4.78 is 16.2. The van der Waals surface area contributed by atoms with E-state index in [2.05, 4.69) is 0 Å². The molecule has 0 unspecified atom stereocenters. The van der Waals surface area contributed by atoms with Crippen molar-refractivity contribution in [3.8, 4) is 11.5 Å². The van der Waals surface area contributed by atoms with Crippen LogP contribution in [0.4, 0.5) is 0 Å². The maximum absolute atomic E-state index is 12.0. The molecule has 6 heteroatoms. The monoisotopic (exact) mass is 296 g/mol. The molecule has 0 radical (unpaired) electrons. The highest BCUT2D eigenvalue weighted by molar-refractivity contribution is 6.01. The van der Waals surface area contributed by atoms with Crippen LogP contribution in [-0.2, 0) is 4.74 Å². The van der Waals surface area contributed by atoms with Crippen LogP contribution in [0.1, 0.15) is 36.7 Å². The van der Waals surface area contributed by atoms with Gasteiger partial charge >= 0.3 is 5.97 Å². The van der Waals surface area contributed by atoms with Gasteiger partial charge in [-0.25, -0.2) is 4.79 Å². The van der Waals surface area contributed by atoms with Gasteiger partial charge in [0.1, 0.15) is 17.1 Å². The summed E-state index contributed by atoms with van der Waals surface area (Å²) in [5.74, 6) is 0.269. The quantitative estimate of drug-likeness (QED) is 0.303. The number of nitrogens with zero attached hydrogens (tertiary/aromatic N) is 1. The van der Waals surface area contributed by atoms with E-state index in [0.717, 1.165) is 4.74 Å². The second-order valence-corrected chi connectivity index (χ2v) is 5.43. The van der Waals surface area contributed by atoms with Gasteiger partial charge in [0.25, 0.3) is 0 Å². The lowest BCUT2D eigenvalue weighted by molar-refractivity contribution is -0.816. The van der Waals surface area contributed by atoms with Crippen molar-refractivity contribution < 1.29 is 29.0 Å². The van der Waals surface area contributed by atoms with Gasteiger partial charge in [0.05, 0.1) is 26.9 Å². The van der Waals surface area contributed by atoms with E-state index < -0.39 is 11.5 Å². The van der Waals surface area contributed by atoms with Crippen molar-refractivity contribution in [3.05, 3.63) is 23.3 Å². The molecule has 0 fully saturated rings. The molecule has 1 N–H and O–H groups in total. The van der Waals surface area contributed by atoms with E-state index in [0.29, 0.717) is 17.1 Å². The van der Waals surface area contributed by atoms with E-state index in [1.807, 2.05) is 20.8 Å². The zero-order valence-corrected chi connectivity index (χ0v) is 13.3. The number of ether oxygens (including phenoxy) is 3. The number of hydrogen-bond donors (Lipinski definition) is 1. The van der Waals surface area contributed by atoms with E-state index in [-0.39, 0.29) is 5.56 Å². The Kier molecular flexibility index (Phi) is 5.18. The van der Waals surface area contributed by atoms with Gasteiger partial charge in [0.15, 0.2) is 0 Å². The van der Waals surface area contributed by atoms with Crippen molar-refractivity contribution >= 4 is 12.2 Å². The topological polar surface area (TPSA) is 68.0 Å². The first-order valence-electron chi connectivity index (χ1n) is 6.42. The number of hydroxylamine groups is 1. The second kappa shape index (κ2) is 6.47. The lowest BCUT2D eigenvalue weighted by Crippen LogP contribution is -2.31. The molecule has 21 heavy (non-hydrogen) atoms.